The van der Waals surface area contributed by atoms with E-state index in [1.165, 1.54) is 5.57 Å². The number of para-hydroxylation sites is 2. The molecule has 1 heterocycles. The molecule has 29 heavy (non-hydrogen) atoms. The summed E-state index contributed by atoms with van der Waals surface area (Å²) >= 11 is 0. The third-order valence-corrected chi connectivity index (χ3v) is 4.81. The Morgan fingerprint density at radius 1 is 1.21 bits per heavy atom. The predicted octanol–water partition coefficient (Wildman–Crippen LogP) is 6.21. The first-order chi connectivity index (χ1) is 14.1. The highest BCUT2D eigenvalue weighted by Gasteiger charge is 2.30. The summed E-state index contributed by atoms with van der Waals surface area (Å²) < 4.78 is 24.3. The second kappa shape index (κ2) is 12.2. The molecule has 0 N–H and O–H groups in total. The van der Waals surface area contributed by atoms with Gasteiger partial charge in [0.1, 0.15) is 18.5 Å². The lowest BCUT2D eigenvalue weighted by atomic mass is 10.0. The van der Waals surface area contributed by atoms with Gasteiger partial charge >= 0.3 is 0 Å². The van der Waals surface area contributed by atoms with Crippen molar-refractivity contribution in [3.63, 3.8) is 0 Å². The van der Waals surface area contributed by atoms with Crippen LogP contribution < -0.4 is 9.47 Å². The van der Waals surface area contributed by atoms with Crippen LogP contribution in [0.25, 0.3) is 0 Å². The monoisotopic (exact) mass is 398 g/mol. The zero-order chi connectivity index (χ0) is 21.1. The van der Waals surface area contributed by atoms with Crippen molar-refractivity contribution in [2.24, 2.45) is 5.92 Å². The molecule has 1 aromatic rings. The maximum atomic E-state index is 6.43. The van der Waals surface area contributed by atoms with E-state index in [-0.39, 0.29) is 12.2 Å². The summed E-state index contributed by atoms with van der Waals surface area (Å²) in [5, 5.41) is 0. The van der Waals surface area contributed by atoms with Crippen LogP contribution in [0.1, 0.15) is 40.0 Å². The highest BCUT2D eigenvalue weighted by atomic mass is 16.6. The lowest BCUT2D eigenvalue weighted by molar-refractivity contribution is -0.0320. The second-order valence-corrected chi connectivity index (χ2v) is 7.30. The van der Waals surface area contributed by atoms with E-state index in [9.17, 15) is 0 Å². The Morgan fingerprint density at radius 3 is 2.59 bits per heavy atom. The molecule has 0 spiro atoms. The van der Waals surface area contributed by atoms with Crippen LogP contribution in [0.3, 0.4) is 0 Å². The summed E-state index contributed by atoms with van der Waals surface area (Å²) in [5.41, 5.74) is 1.18. The molecular weight excluding hydrogens is 364 g/mol. The van der Waals surface area contributed by atoms with Crippen molar-refractivity contribution >= 4 is 0 Å². The van der Waals surface area contributed by atoms with E-state index in [4.69, 9.17) is 18.9 Å². The standard InChI is InChI=1S/C25H34O4/c1-6-16-26-22-11-9-10-12-23(22)29-25(24-14-13-20(5)18-28-24)21(8-3)27-17-15-19(4)7-2/h6-7,9-12,14,18-19,21,25H,1-2,8,13,15-17H2,3-5H3/t19?,21-,25?/m0/s1. The van der Waals surface area contributed by atoms with Crippen LogP contribution in [-0.4, -0.2) is 25.4 Å². The van der Waals surface area contributed by atoms with Gasteiger partial charge in [0.25, 0.3) is 0 Å². The Bertz CT molecular complexity index is 719. The number of hydrogen-bond donors (Lipinski definition) is 0. The molecule has 1 aliphatic heterocycles. The van der Waals surface area contributed by atoms with E-state index in [1.54, 1.807) is 12.3 Å². The summed E-state index contributed by atoms with van der Waals surface area (Å²) in [5.74, 6) is 2.53. The largest absolute Gasteiger partial charge is 0.486 e. The normalized spacial score (nSPS) is 16.5. The number of allylic oxidation sites excluding steroid dienone is 3. The van der Waals surface area contributed by atoms with Crippen LogP contribution in [0.2, 0.25) is 0 Å². The molecule has 0 aromatic heterocycles. The minimum atomic E-state index is -0.364. The van der Waals surface area contributed by atoms with Crippen molar-refractivity contribution in [3.05, 3.63) is 73.2 Å². The van der Waals surface area contributed by atoms with E-state index < -0.39 is 0 Å². The van der Waals surface area contributed by atoms with Crippen LogP contribution in [-0.2, 0) is 9.47 Å². The Balaban J connectivity index is 2.21. The zero-order valence-corrected chi connectivity index (χ0v) is 17.9. The average molecular weight is 399 g/mol. The van der Waals surface area contributed by atoms with Crippen molar-refractivity contribution < 1.29 is 18.9 Å². The quantitative estimate of drug-likeness (QED) is 0.370. The summed E-state index contributed by atoms with van der Waals surface area (Å²) in [6.07, 6.45) is 9.59. The van der Waals surface area contributed by atoms with Gasteiger partial charge < -0.3 is 18.9 Å². The summed E-state index contributed by atoms with van der Waals surface area (Å²) in [4.78, 5) is 0. The zero-order valence-electron chi connectivity index (χ0n) is 17.9. The first-order valence-corrected chi connectivity index (χ1v) is 10.3. The topological polar surface area (TPSA) is 36.9 Å². The van der Waals surface area contributed by atoms with Gasteiger partial charge in [0, 0.05) is 6.61 Å². The first kappa shape index (κ1) is 22.8. The van der Waals surface area contributed by atoms with Gasteiger partial charge in [0.15, 0.2) is 17.6 Å². The average Bonchev–Trinajstić information content (AvgIpc) is 2.75. The van der Waals surface area contributed by atoms with Crippen LogP contribution >= 0.6 is 0 Å². The maximum Gasteiger partial charge on any atom is 0.182 e. The Hall–Kier alpha value is -2.46. The molecule has 0 fully saturated rings. The molecule has 2 rings (SSSR count). The van der Waals surface area contributed by atoms with Gasteiger partial charge in [-0.15, -0.1) is 6.58 Å². The minimum Gasteiger partial charge on any atom is -0.486 e. The number of ether oxygens (including phenoxy) is 4. The highest BCUT2D eigenvalue weighted by Crippen LogP contribution is 2.32. The number of benzene rings is 1. The molecule has 3 atom stereocenters. The molecule has 4 nitrogen and oxygen atoms in total. The Morgan fingerprint density at radius 2 is 1.97 bits per heavy atom. The van der Waals surface area contributed by atoms with Gasteiger partial charge in [-0.05, 0) is 55.9 Å². The SMILES string of the molecule is C=CCOc1ccccc1OC(C1=CCC(C)=CO1)[C@H](CC)OCCC(C)C=C. The maximum absolute atomic E-state index is 6.43. The van der Waals surface area contributed by atoms with Crippen molar-refractivity contribution in [2.75, 3.05) is 13.2 Å². The number of rotatable bonds is 13. The van der Waals surface area contributed by atoms with E-state index >= 15 is 0 Å². The molecule has 0 aliphatic carbocycles. The summed E-state index contributed by atoms with van der Waals surface area (Å²) in [7, 11) is 0. The van der Waals surface area contributed by atoms with Gasteiger partial charge in [-0.2, -0.15) is 0 Å². The number of hydrogen-bond acceptors (Lipinski definition) is 4. The van der Waals surface area contributed by atoms with E-state index in [0.29, 0.717) is 30.6 Å². The third-order valence-electron chi connectivity index (χ3n) is 4.81. The molecule has 158 valence electrons. The Labute approximate surface area is 175 Å². The molecule has 0 radical (unpaired) electrons. The van der Waals surface area contributed by atoms with Crippen molar-refractivity contribution in [1.29, 1.82) is 0 Å². The summed E-state index contributed by atoms with van der Waals surface area (Å²) in [6, 6.07) is 7.65. The predicted molar refractivity (Wildman–Crippen MR) is 118 cm³/mol. The van der Waals surface area contributed by atoms with E-state index in [1.807, 2.05) is 37.3 Å². The molecule has 4 heteroatoms. The summed E-state index contributed by atoms with van der Waals surface area (Å²) in [6.45, 7) is 14.9. The fourth-order valence-corrected chi connectivity index (χ4v) is 2.92. The molecule has 0 bridgehead atoms. The third kappa shape index (κ3) is 7.13. The molecule has 1 aromatic carbocycles. The van der Waals surface area contributed by atoms with Gasteiger partial charge in [0.05, 0.1) is 6.26 Å². The van der Waals surface area contributed by atoms with Crippen molar-refractivity contribution in [1.82, 2.24) is 0 Å². The molecule has 0 amide bonds. The van der Waals surface area contributed by atoms with Gasteiger partial charge in [-0.3, -0.25) is 0 Å². The van der Waals surface area contributed by atoms with Crippen molar-refractivity contribution in [3.8, 4) is 11.5 Å². The van der Waals surface area contributed by atoms with Crippen molar-refractivity contribution in [2.45, 2.75) is 52.2 Å². The van der Waals surface area contributed by atoms with Crippen LogP contribution in [0.4, 0.5) is 0 Å². The second-order valence-electron chi connectivity index (χ2n) is 7.30. The fraction of sp³-hybridized carbons (Fsp3) is 0.440. The fourth-order valence-electron chi connectivity index (χ4n) is 2.92. The lowest BCUT2D eigenvalue weighted by Gasteiger charge is -2.30. The van der Waals surface area contributed by atoms with Gasteiger partial charge in [-0.25, -0.2) is 0 Å². The smallest absolute Gasteiger partial charge is 0.182 e. The molecule has 1 aliphatic rings. The van der Waals surface area contributed by atoms with Crippen LogP contribution in [0.5, 0.6) is 11.5 Å². The van der Waals surface area contributed by atoms with Crippen LogP contribution in [0.15, 0.2) is 73.2 Å². The first-order valence-electron chi connectivity index (χ1n) is 10.3. The van der Waals surface area contributed by atoms with E-state index in [0.717, 1.165) is 25.0 Å². The van der Waals surface area contributed by atoms with E-state index in [2.05, 4.69) is 33.1 Å². The molecule has 0 saturated carbocycles. The molecule has 0 saturated heterocycles. The van der Waals surface area contributed by atoms with Gasteiger partial charge in [0.2, 0.25) is 0 Å². The highest BCUT2D eigenvalue weighted by molar-refractivity contribution is 5.40. The molecular formula is C25H34O4. The van der Waals surface area contributed by atoms with Crippen LogP contribution in [0, 0.1) is 5.92 Å². The minimum absolute atomic E-state index is 0.141. The van der Waals surface area contributed by atoms with Gasteiger partial charge in [-0.1, -0.05) is 44.7 Å². The lowest BCUT2D eigenvalue weighted by Crippen LogP contribution is -2.37. The Kier molecular flexibility index (Phi) is 9.58. The molecule has 2 unspecified atom stereocenters.